The Balaban J connectivity index is 3.49. The van der Waals surface area contributed by atoms with Crippen LogP contribution in [0.4, 0.5) is 0 Å². The summed E-state index contributed by atoms with van der Waals surface area (Å²) in [5.41, 5.74) is 0. The molecule has 0 spiro atoms. The number of carbonyl (C=O) groups excluding carboxylic acids is 2. The van der Waals surface area contributed by atoms with E-state index in [1.54, 1.807) is 0 Å². The van der Waals surface area contributed by atoms with Crippen LogP contribution in [0.3, 0.4) is 0 Å². The van der Waals surface area contributed by atoms with Crippen LogP contribution in [0.5, 0.6) is 0 Å². The Hall–Kier alpha value is -3.44. The minimum Gasteiger partial charge on any atom is -0.462 e. The molecule has 0 aliphatic heterocycles. The van der Waals surface area contributed by atoms with E-state index in [1.165, 1.54) is 173 Å². The zero-order valence-electron chi connectivity index (χ0n) is 50.0. The molecule has 0 aromatic rings. The van der Waals surface area contributed by atoms with Crippen molar-refractivity contribution in [1.29, 1.82) is 0 Å². The predicted molar refractivity (Wildman–Crippen MR) is 334 cm³/mol. The van der Waals surface area contributed by atoms with Crippen LogP contribution in [0.1, 0.15) is 309 Å². The second kappa shape index (κ2) is 65.8. The topological polar surface area (TPSA) is 72.8 Å². The third-order valence-corrected chi connectivity index (χ3v) is 14.1. The number of aliphatic hydroxyl groups excluding tert-OH is 1. The van der Waals surface area contributed by atoms with E-state index in [2.05, 4.69) is 123 Å². The zero-order chi connectivity index (χ0) is 54.8. The highest BCUT2D eigenvalue weighted by Crippen LogP contribution is 2.17. The molecule has 0 saturated heterocycles. The molecule has 0 radical (unpaired) electrons. The minimum absolute atomic E-state index is 0.0771. The van der Waals surface area contributed by atoms with Crippen molar-refractivity contribution >= 4 is 11.9 Å². The first kappa shape index (κ1) is 72.6. The average Bonchev–Trinajstić information content (AvgIpc) is 3.42. The summed E-state index contributed by atoms with van der Waals surface area (Å²) in [6, 6.07) is 0. The van der Waals surface area contributed by atoms with E-state index in [1.807, 2.05) is 0 Å². The Labute approximate surface area is 471 Å². The van der Waals surface area contributed by atoms with E-state index in [0.717, 1.165) is 109 Å². The second-order valence-corrected chi connectivity index (χ2v) is 21.5. The molecule has 5 heteroatoms. The molecule has 0 aliphatic rings. The number of allylic oxidation sites excluding steroid dienone is 18. The Morgan fingerprint density at radius 3 is 0.855 bits per heavy atom. The van der Waals surface area contributed by atoms with Crippen LogP contribution >= 0.6 is 0 Å². The molecule has 436 valence electrons. The van der Waals surface area contributed by atoms with Crippen molar-refractivity contribution in [2.45, 2.75) is 315 Å². The average molecular weight is 1060 g/mol. The van der Waals surface area contributed by atoms with Gasteiger partial charge in [0.15, 0.2) is 6.10 Å². The summed E-state index contributed by atoms with van der Waals surface area (Å²) in [4.78, 5) is 24.6. The van der Waals surface area contributed by atoms with Gasteiger partial charge in [0, 0.05) is 12.8 Å². The quantitative estimate of drug-likeness (QED) is 0.0373. The van der Waals surface area contributed by atoms with Gasteiger partial charge in [0.2, 0.25) is 0 Å². The normalized spacial score (nSPS) is 12.9. The lowest BCUT2D eigenvalue weighted by molar-refractivity contribution is -0.161. The third kappa shape index (κ3) is 63.1. The summed E-state index contributed by atoms with van der Waals surface area (Å²) in [5.74, 6) is -0.608. The number of carbonyl (C=O) groups is 2. The number of unbranched alkanes of at least 4 members (excludes halogenated alkanes) is 33. The maximum atomic E-state index is 12.3. The van der Waals surface area contributed by atoms with Crippen LogP contribution in [-0.2, 0) is 19.1 Å². The largest absolute Gasteiger partial charge is 0.462 e. The predicted octanol–water partition coefficient (Wildman–Crippen LogP) is 22.4. The van der Waals surface area contributed by atoms with Crippen LogP contribution < -0.4 is 0 Å². The first-order valence-electron chi connectivity index (χ1n) is 32.4. The fraction of sp³-hybridized carbons (Fsp3) is 0.718. The van der Waals surface area contributed by atoms with Gasteiger partial charge in [-0.25, -0.2) is 0 Å². The summed E-state index contributed by atoms with van der Waals surface area (Å²) in [6.07, 6.45) is 95.3. The van der Waals surface area contributed by atoms with Gasteiger partial charge < -0.3 is 14.6 Å². The monoisotopic (exact) mass is 1050 g/mol. The van der Waals surface area contributed by atoms with Crippen molar-refractivity contribution in [3.8, 4) is 0 Å². The lowest BCUT2D eigenvalue weighted by Crippen LogP contribution is -2.28. The molecule has 1 N–H and O–H groups in total. The molecule has 0 heterocycles. The fourth-order valence-electron chi connectivity index (χ4n) is 9.22. The molecule has 5 nitrogen and oxygen atoms in total. The van der Waals surface area contributed by atoms with Crippen molar-refractivity contribution in [1.82, 2.24) is 0 Å². The van der Waals surface area contributed by atoms with Crippen molar-refractivity contribution < 1.29 is 24.2 Å². The van der Waals surface area contributed by atoms with Crippen molar-refractivity contribution in [2.24, 2.45) is 0 Å². The SMILES string of the molecule is CC/C=C\C/C=C\C/C=C\C/C=C\C/C=C\C/C=C\C/C=C\CCCCCCCC(=O)OC(CO)COC(=O)CCCCCCCCCCCCCCCCCCCCCCCCC/C=C\C/C=C\CCCCCCC. The van der Waals surface area contributed by atoms with Crippen molar-refractivity contribution in [2.75, 3.05) is 13.2 Å². The van der Waals surface area contributed by atoms with Crippen molar-refractivity contribution in [3.63, 3.8) is 0 Å². The van der Waals surface area contributed by atoms with Gasteiger partial charge in [-0.2, -0.15) is 0 Å². The van der Waals surface area contributed by atoms with E-state index in [-0.39, 0.29) is 25.2 Å². The van der Waals surface area contributed by atoms with Gasteiger partial charge in [-0.3, -0.25) is 9.59 Å². The lowest BCUT2D eigenvalue weighted by atomic mass is 10.0. The molecule has 0 aromatic heterocycles. The van der Waals surface area contributed by atoms with E-state index in [4.69, 9.17) is 9.47 Å². The molecule has 76 heavy (non-hydrogen) atoms. The number of rotatable bonds is 59. The standard InChI is InChI=1S/C71H122O5/c1-3-5-7-9-11-13-15-17-19-21-23-25-27-29-31-32-33-34-35-36-37-38-40-41-43-45-47-49-51-53-55-57-59-61-63-65-70(73)75-68-69(67-72)76-71(74)66-64-62-60-58-56-54-52-50-48-46-44-42-39-30-28-26-24-22-20-18-16-14-12-10-8-6-4-2/h6,8,12,14-15,17-18,20-21,23-24,26,30,39,44,46,50,52,69,72H,3-5,7,9-11,13,16,19,22,25,27-29,31-38,40-43,45,47-49,51,53-68H2,1-2H3/b8-6-,14-12-,17-15-,20-18-,23-21-,26-24-,39-30-,46-44-,52-50-. The van der Waals surface area contributed by atoms with E-state index < -0.39 is 6.10 Å². The van der Waals surface area contributed by atoms with Crippen LogP contribution in [0.2, 0.25) is 0 Å². The Morgan fingerprint density at radius 1 is 0.316 bits per heavy atom. The van der Waals surface area contributed by atoms with Gasteiger partial charge in [-0.05, 0) is 103 Å². The van der Waals surface area contributed by atoms with Gasteiger partial charge in [0.05, 0.1) is 6.61 Å². The summed E-state index contributed by atoms with van der Waals surface area (Å²) in [7, 11) is 0. The van der Waals surface area contributed by atoms with Gasteiger partial charge >= 0.3 is 11.9 Å². The highest BCUT2D eigenvalue weighted by Gasteiger charge is 2.16. The summed E-state index contributed by atoms with van der Waals surface area (Å²) in [6.45, 7) is 4.02. The minimum atomic E-state index is -0.790. The van der Waals surface area contributed by atoms with Crippen LogP contribution in [0, 0.1) is 0 Å². The fourth-order valence-corrected chi connectivity index (χ4v) is 9.22. The van der Waals surface area contributed by atoms with E-state index in [0.29, 0.717) is 12.8 Å². The van der Waals surface area contributed by atoms with Crippen LogP contribution in [-0.4, -0.2) is 36.4 Å². The third-order valence-electron chi connectivity index (χ3n) is 14.1. The van der Waals surface area contributed by atoms with E-state index in [9.17, 15) is 14.7 Å². The Kier molecular flexibility index (Phi) is 62.9. The summed E-state index contributed by atoms with van der Waals surface area (Å²) < 4.78 is 10.7. The molecular weight excluding hydrogens is 933 g/mol. The second-order valence-electron chi connectivity index (χ2n) is 21.5. The van der Waals surface area contributed by atoms with Gasteiger partial charge in [0.1, 0.15) is 6.61 Å². The summed E-state index contributed by atoms with van der Waals surface area (Å²) in [5, 5.41) is 9.68. The summed E-state index contributed by atoms with van der Waals surface area (Å²) >= 11 is 0. The number of aliphatic hydroxyl groups is 1. The maximum absolute atomic E-state index is 12.3. The maximum Gasteiger partial charge on any atom is 0.306 e. The molecule has 1 unspecified atom stereocenters. The molecule has 0 fully saturated rings. The highest BCUT2D eigenvalue weighted by molar-refractivity contribution is 5.70. The number of esters is 2. The first-order valence-corrected chi connectivity index (χ1v) is 32.4. The van der Waals surface area contributed by atoms with Crippen molar-refractivity contribution in [3.05, 3.63) is 109 Å². The Bertz CT molecular complexity index is 1470. The molecule has 0 amide bonds. The van der Waals surface area contributed by atoms with Gasteiger partial charge in [0.25, 0.3) is 0 Å². The van der Waals surface area contributed by atoms with E-state index >= 15 is 0 Å². The molecule has 0 rings (SSSR count). The van der Waals surface area contributed by atoms with Gasteiger partial charge in [-0.1, -0.05) is 303 Å². The highest BCUT2D eigenvalue weighted by atomic mass is 16.6. The smallest absolute Gasteiger partial charge is 0.306 e. The Morgan fingerprint density at radius 2 is 0.566 bits per heavy atom. The first-order chi connectivity index (χ1) is 37.6. The molecular formula is C71H122O5. The molecule has 0 bridgehead atoms. The van der Waals surface area contributed by atoms with Gasteiger partial charge in [-0.15, -0.1) is 0 Å². The number of hydrogen-bond acceptors (Lipinski definition) is 5. The number of hydrogen-bond donors (Lipinski definition) is 1. The molecule has 0 aliphatic carbocycles. The number of ether oxygens (including phenoxy) is 2. The molecule has 0 aromatic carbocycles. The molecule has 0 saturated carbocycles. The molecule has 1 atom stereocenters. The van der Waals surface area contributed by atoms with Crippen LogP contribution in [0.25, 0.3) is 0 Å². The van der Waals surface area contributed by atoms with Crippen LogP contribution in [0.15, 0.2) is 109 Å². The zero-order valence-corrected chi connectivity index (χ0v) is 50.0. The lowest BCUT2D eigenvalue weighted by Gasteiger charge is -2.15.